The summed E-state index contributed by atoms with van der Waals surface area (Å²) in [5.41, 5.74) is 0. The van der Waals surface area contributed by atoms with Crippen LogP contribution in [0.4, 0.5) is 0 Å². The van der Waals surface area contributed by atoms with Crippen LogP contribution in [0.5, 0.6) is 0 Å². The molecule has 0 N–H and O–H groups in total. The molecular formula is C48H92O6. The highest BCUT2D eigenvalue weighted by Gasteiger charge is 2.19. The van der Waals surface area contributed by atoms with Gasteiger partial charge in [-0.1, -0.05) is 215 Å². The Bertz CT molecular complexity index is 837. The molecule has 0 heterocycles. The maximum atomic E-state index is 12.7. The molecule has 0 aromatic rings. The van der Waals surface area contributed by atoms with Crippen molar-refractivity contribution >= 4 is 17.9 Å². The topological polar surface area (TPSA) is 78.9 Å². The van der Waals surface area contributed by atoms with Crippen molar-refractivity contribution in [2.45, 2.75) is 260 Å². The lowest BCUT2D eigenvalue weighted by atomic mass is 10.0. The molecule has 1 atom stereocenters. The van der Waals surface area contributed by atoms with Crippen molar-refractivity contribution in [3.8, 4) is 0 Å². The zero-order chi connectivity index (χ0) is 39.9. The lowest BCUT2D eigenvalue weighted by molar-refractivity contribution is -0.167. The average Bonchev–Trinajstić information content (AvgIpc) is 3.12. The molecule has 0 aliphatic carbocycles. The molecule has 0 saturated heterocycles. The molecule has 54 heavy (non-hydrogen) atoms. The van der Waals surface area contributed by atoms with E-state index in [9.17, 15) is 14.4 Å². The minimum atomic E-state index is -0.762. The summed E-state index contributed by atoms with van der Waals surface area (Å²) >= 11 is 0. The number of ether oxygens (including phenoxy) is 3. The Kier molecular flexibility index (Phi) is 38.5. The number of carbonyl (C=O) groups is 3. The second-order valence-electron chi connectivity index (χ2n) is 17.8. The molecule has 0 saturated carbocycles. The Hall–Kier alpha value is -1.59. The van der Waals surface area contributed by atoms with Gasteiger partial charge in [0.25, 0.3) is 0 Å². The first-order valence-corrected chi connectivity index (χ1v) is 23.6. The Morgan fingerprint density at radius 1 is 0.315 bits per heavy atom. The second kappa shape index (κ2) is 39.6. The van der Waals surface area contributed by atoms with Crippen molar-refractivity contribution in [1.82, 2.24) is 0 Å². The van der Waals surface area contributed by atoms with Gasteiger partial charge in [0.1, 0.15) is 13.2 Å². The predicted molar refractivity (Wildman–Crippen MR) is 229 cm³/mol. The highest BCUT2D eigenvalue weighted by atomic mass is 16.6. The van der Waals surface area contributed by atoms with Crippen molar-refractivity contribution in [2.75, 3.05) is 13.2 Å². The fourth-order valence-electron chi connectivity index (χ4n) is 7.06. The quantitative estimate of drug-likeness (QED) is 0.0350. The van der Waals surface area contributed by atoms with Crippen LogP contribution < -0.4 is 0 Å². The van der Waals surface area contributed by atoms with Crippen LogP contribution in [0.1, 0.15) is 253 Å². The van der Waals surface area contributed by atoms with Gasteiger partial charge in [-0.25, -0.2) is 0 Å². The number of rotatable bonds is 41. The van der Waals surface area contributed by atoms with E-state index in [1.807, 2.05) is 0 Å². The van der Waals surface area contributed by atoms with Crippen LogP contribution in [0.15, 0.2) is 0 Å². The summed E-state index contributed by atoms with van der Waals surface area (Å²) in [5.74, 6) is 1.55. The van der Waals surface area contributed by atoms with Gasteiger partial charge in [-0.15, -0.1) is 0 Å². The summed E-state index contributed by atoms with van der Waals surface area (Å²) in [6.07, 6.45) is 36.7. The molecule has 6 nitrogen and oxygen atoms in total. The number of carbonyl (C=O) groups excluding carboxylic acids is 3. The van der Waals surface area contributed by atoms with Crippen molar-refractivity contribution in [3.05, 3.63) is 0 Å². The van der Waals surface area contributed by atoms with Crippen LogP contribution in [0.25, 0.3) is 0 Å². The van der Waals surface area contributed by atoms with Gasteiger partial charge in [0.2, 0.25) is 0 Å². The fourth-order valence-corrected chi connectivity index (χ4v) is 7.06. The molecular weight excluding hydrogens is 673 g/mol. The van der Waals surface area contributed by atoms with Gasteiger partial charge >= 0.3 is 17.9 Å². The van der Waals surface area contributed by atoms with E-state index < -0.39 is 6.10 Å². The van der Waals surface area contributed by atoms with E-state index in [4.69, 9.17) is 14.2 Å². The Balaban J connectivity index is 4.32. The molecule has 0 unspecified atom stereocenters. The summed E-state index contributed by atoms with van der Waals surface area (Å²) in [6.45, 7) is 13.6. The third-order valence-electron chi connectivity index (χ3n) is 10.6. The maximum Gasteiger partial charge on any atom is 0.306 e. The number of unbranched alkanes of at least 4 members (excludes halogenated alkanes) is 24. The highest BCUT2D eigenvalue weighted by Crippen LogP contribution is 2.17. The predicted octanol–water partition coefficient (Wildman–Crippen LogP) is 14.8. The lowest BCUT2D eigenvalue weighted by Crippen LogP contribution is -2.30. The molecule has 0 bridgehead atoms. The standard InChI is InChI=1S/C48H92O6/c1-42(2)34-28-22-16-11-8-7-9-13-19-25-31-37-46(49)52-40-45(54-48(51)39-33-27-21-15-18-24-30-36-44(5)6)41-53-47(50)38-32-26-20-14-10-12-17-23-29-35-43(3)4/h42-45H,7-41H2,1-6H3/t45-/m0/s1. The summed E-state index contributed by atoms with van der Waals surface area (Å²) in [4.78, 5) is 37.7. The first kappa shape index (κ1) is 52.4. The summed E-state index contributed by atoms with van der Waals surface area (Å²) < 4.78 is 16.7. The van der Waals surface area contributed by atoms with E-state index in [1.54, 1.807) is 0 Å². The van der Waals surface area contributed by atoms with E-state index >= 15 is 0 Å². The smallest absolute Gasteiger partial charge is 0.306 e. The molecule has 0 aliphatic rings. The van der Waals surface area contributed by atoms with E-state index in [-0.39, 0.29) is 31.1 Å². The SMILES string of the molecule is CC(C)CCCCCCCCCCCCCC(=O)OC[C@@H](COC(=O)CCCCCCCCCCCC(C)C)OC(=O)CCCCCCCCCC(C)C. The molecule has 320 valence electrons. The maximum absolute atomic E-state index is 12.7. The van der Waals surface area contributed by atoms with Gasteiger partial charge < -0.3 is 14.2 Å². The molecule has 0 rings (SSSR count). The summed E-state index contributed by atoms with van der Waals surface area (Å²) in [6, 6.07) is 0. The highest BCUT2D eigenvalue weighted by molar-refractivity contribution is 5.71. The Labute approximate surface area is 336 Å². The van der Waals surface area contributed by atoms with Crippen LogP contribution in [-0.4, -0.2) is 37.2 Å². The third-order valence-corrected chi connectivity index (χ3v) is 10.6. The largest absolute Gasteiger partial charge is 0.462 e. The van der Waals surface area contributed by atoms with Gasteiger partial charge in [-0.3, -0.25) is 14.4 Å². The fraction of sp³-hybridized carbons (Fsp3) is 0.938. The minimum Gasteiger partial charge on any atom is -0.462 e. The summed E-state index contributed by atoms with van der Waals surface area (Å²) in [7, 11) is 0. The molecule has 0 amide bonds. The molecule has 0 aromatic heterocycles. The van der Waals surface area contributed by atoms with Crippen molar-refractivity contribution in [3.63, 3.8) is 0 Å². The normalized spacial score (nSPS) is 12.2. The van der Waals surface area contributed by atoms with Crippen LogP contribution >= 0.6 is 0 Å². The third kappa shape index (κ3) is 41.6. The van der Waals surface area contributed by atoms with Crippen molar-refractivity contribution < 1.29 is 28.6 Å². The second-order valence-corrected chi connectivity index (χ2v) is 17.8. The molecule has 0 radical (unpaired) electrons. The van der Waals surface area contributed by atoms with E-state index in [2.05, 4.69) is 41.5 Å². The van der Waals surface area contributed by atoms with Crippen molar-refractivity contribution in [2.24, 2.45) is 17.8 Å². The van der Waals surface area contributed by atoms with Gasteiger partial charge in [-0.05, 0) is 37.0 Å². The van der Waals surface area contributed by atoms with E-state index in [1.165, 1.54) is 135 Å². The average molecular weight is 765 g/mol. The van der Waals surface area contributed by atoms with Gasteiger partial charge in [0, 0.05) is 19.3 Å². The van der Waals surface area contributed by atoms with Gasteiger partial charge in [0.15, 0.2) is 6.10 Å². The number of hydrogen-bond donors (Lipinski definition) is 0. The van der Waals surface area contributed by atoms with Crippen LogP contribution in [0.2, 0.25) is 0 Å². The molecule has 0 aliphatic heterocycles. The van der Waals surface area contributed by atoms with Crippen LogP contribution in [0, 0.1) is 17.8 Å². The molecule has 0 fully saturated rings. The zero-order valence-electron chi connectivity index (χ0n) is 37.0. The number of esters is 3. The zero-order valence-corrected chi connectivity index (χ0v) is 37.0. The molecule has 0 spiro atoms. The van der Waals surface area contributed by atoms with Gasteiger partial charge in [0.05, 0.1) is 0 Å². The Morgan fingerprint density at radius 3 is 0.796 bits per heavy atom. The molecule has 0 aromatic carbocycles. The molecule has 6 heteroatoms. The Morgan fingerprint density at radius 2 is 0.537 bits per heavy atom. The lowest BCUT2D eigenvalue weighted by Gasteiger charge is -2.18. The van der Waals surface area contributed by atoms with Gasteiger partial charge in [-0.2, -0.15) is 0 Å². The summed E-state index contributed by atoms with van der Waals surface area (Å²) in [5, 5.41) is 0. The minimum absolute atomic E-state index is 0.0663. The first-order chi connectivity index (χ1) is 26.1. The number of hydrogen-bond acceptors (Lipinski definition) is 6. The van der Waals surface area contributed by atoms with E-state index in [0.717, 1.165) is 75.5 Å². The first-order valence-electron chi connectivity index (χ1n) is 23.6. The monoisotopic (exact) mass is 765 g/mol. The van der Waals surface area contributed by atoms with Crippen LogP contribution in [-0.2, 0) is 28.6 Å². The van der Waals surface area contributed by atoms with Crippen LogP contribution in [0.3, 0.4) is 0 Å². The van der Waals surface area contributed by atoms with E-state index in [0.29, 0.717) is 19.3 Å². The van der Waals surface area contributed by atoms with Crippen molar-refractivity contribution in [1.29, 1.82) is 0 Å².